The molecule has 0 bridgehead atoms. The Morgan fingerprint density at radius 2 is 1.57 bits per heavy atom. The van der Waals surface area contributed by atoms with Crippen LogP contribution in [-0.4, -0.2) is 11.9 Å². The van der Waals surface area contributed by atoms with Crippen LogP contribution in [0.3, 0.4) is 0 Å². The van der Waals surface area contributed by atoms with Gasteiger partial charge in [0, 0.05) is 26.1 Å². The summed E-state index contributed by atoms with van der Waals surface area (Å²) < 4.78 is 2.66. The number of halogens is 2. The molecule has 3 rings (SSSR count). The molecule has 0 saturated carbocycles. The molecule has 0 radical (unpaired) electrons. The first-order valence-corrected chi connectivity index (χ1v) is 9.69. The molecule has 0 aliphatic carbocycles. The van der Waals surface area contributed by atoms with Gasteiger partial charge in [-0.1, -0.05) is 59.6 Å². The highest BCUT2D eigenvalue weighted by molar-refractivity contribution is 7.98. The van der Waals surface area contributed by atoms with Gasteiger partial charge in [-0.25, -0.2) is 4.79 Å². The van der Waals surface area contributed by atoms with Crippen LogP contribution < -0.4 is 15.8 Å². The molecular formula is C20H15Cl2N3O2S. The molecule has 8 heteroatoms. The van der Waals surface area contributed by atoms with Crippen molar-refractivity contribution in [3.8, 4) is 11.1 Å². The number of carbonyl (C=O) groups is 2. The lowest BCUT2D eigenvalue weighted by molar-refractivity contribution is 0.100. The number of amides is 3. The normalized spacial score (nSPS) is 10.4. The SMILES string of the molecule is NC(=O)c1ccc(-c2ccccc2)c(NC(=O)NSc2cc(Cl)cc(Cl)c2)c1. The molecule has 3 aromatic carbocycles. The van der Waals surface area contributed by atoms with E-state index >= 15 is 0 Å². The minimum Gasteiger partial charge on any atom is -0.366 e. The third-order valence-corrected chi connectivity index (χ3v) is 4.93. The van der Waals surface area contributed by atoms with Crippen LogP contribution in [0.15, 0.2) is 71.6 Å². The third kappa shape index (κ3) is 5.19. The molecule has 5 nitrogen and oxygen atoms in total. The van der Waals surface area contributed by atoms with E-state index in [0.29, 0.717) is 26.2 Å². The summed E-state index contributed by atoms with van der Waals surface area (Å²) in [6.45, 7) is 0. The minimum atomic E-state index is -0.578. The first-order valence-electron chi connectivity index (χ1n) is 8.11. The van der Waals surface area contributed by atoms with Crippen LogP contribution in [0.5, 0.6) is 0 Å². The van der Waals surface area contributed by atoms with E-state index in [2.05, 4.69) is 10.0 Å². The maximum Gasteiger partial charge on any atom is 0.329 e. The van der Waals surface area contributed by atoms with E-state index in [0.717, 1.165) is 23.1 Å². The van der Waals surface area contributed by atoms with Gasteiger partial charge in [-0.3, -0.25) is 9.52 Å². The summed E-state index contributed by atoms with van der Waals surface area (Å²) in [6, 6.07) is 18.9. The van der Waals surface area contributed by atoms with Crippen molar-refractivity contribution in [3.63, 3.8) is 0 Å². The molecule has 4 N–H and O–H groups in total. The maximum atomic E-state index is 12.4. The van der Waals surface area contributed by atoms with Gasteiger partial charge in [0.05, 0.1) is 5.69 Å². The van der Waals surface area contributed by atoms with E-state index < -0.39 is 11.9 Å². The van der Waals surface area contributed by atoms with Crippen molar-refractivity contribution in [1.29, 1.82) is 0 Å². The van der Waals surface area contributed by atoms with Crippen molar-refractivity contribution in [2.24, 2.45) is 5.73 Å². The molecule has 0 atom stereocenters. The van der Waals surface area contributed by atoms with Crippen LogP contribution in [0.2, 0.25) is 10.0 Å². The summed E-state index contributed by atoms with van der Waals surface area (Å²) in [7, 11) is 0. The first-order chi connectivity index (χ1) is 13.4. The minimum absolute atomic E-state index is 0.296. The van der Waals surface area contributed by atoms with Gasteiger partial charge in [-0.05, 0) is 47.8 Å². The number of anilines is 1. The number of urea groups is 1. The lowest BCUT2D eigenvalue weighted by Gasteiger charge is -2.13. The predicted molar refractivity (Wildman–Crippen MR) is 115 cm³/mol. The summed E-state index contributed by atoms with van der Waals surface area (Å²) in [5.74, 6) is -0.578. The third-order valence-electron chi connectivity index (χ3n) is 3.73. The summed E-state index contributed by atoms with van der Waals surface area (Å²) in [5.41, 5.74) is 7.78. The maximum absolute atomic E-state index is 12.4. The fourth-order valence-corrected chi connectivity index (χ4v) is 3.80. The zero-order valence-electron chi connectivity index (χ0n) is 14.4. The average molecular weight is 432 g/mol. The van der Waals surface area contributed by atoms with Crippen molar-refractivity contribution in [2.75, 3.05) is 5.32 Å². The van der Waals surface area contributed by atoms with E-state index in [9.17, 15) is 9.59 Å². The Labute approximate surface area is 176 Å². The second-order valence-electron chi connectivity index (χ2n) is 5.75. The van der Waals surface area contributed by atoms with E-state index in [1.165, 1.54) is 0 Å². The number of benzene rings is 3. The topological polar surface area (TPSA) is 84.2 Å². The molecule has 0 saturated heterocycles. The molecule has 28 heavy (non-hydrogen) atoms. The van der Waals surface area contributed by atoms with Gasteiger partial charge >= 0.3 is 6.03 Å². The molecule has 0 heterocycles. The van der Waals surface area contributed by atoms with Gasteiger partial charge in [0.2, 0.25) is 5.91 Å². The number of primary amides is 1. The van der Waals surface area contributed by atoms with Crippen LogP contribution in [0, 0.1) is 0 Å². The molecule has 0 aliphatic heterocycles. The largest absolute Gasteiger partial charge is 0.366 e. The lowest BCUT2D eigenvalue weighted by Crippen LogP contribution is -2.23. The molecular weight excluding hydrogens is 417 g/mol. The Morgan fingerprint density at radius 3 is 2.21 bits per heavy atom. The molecule has 3 amide bonds. The van der Waals surface area contributed by atoms with E-state index in [1.54, 1.807) is 36.4 Å². The molecule has 0 aliphatic rings. The second kappa shape index (κ2) is 9.01. The average Bonchev–Trinajstić information content (AvgIpc) is 2.66. The number of carbonyl (C=O) groups excluding carboxylic acids is 2. The predicted octanol–water partition coefficient (Wildman–Crippen LogP) is 5.59. The zero-order valence-corrected chi connectivity index (χ0v) is 16.7. The number of nitrogens with one attached hydrogen (secondary N) is 2. The first kappa shape index (κ1) is 20.1. The van der Waals surface area contributed by atoms with Crippen LogP contribution in [-0.2, 0) is 0 Å². The quantitative estimate of drug-likeness (QED) is 0.460. The molecule has 142 valence electrons. The Balaban J connectivity index is 1.80. The van der Waals surface area contributed by atoms with Crippen LogP contribution in [0.4, 0.5) is 10.5 Å². The van der Waals surface area contributed by atoms with E-state index in [-0.39, 0.29) is 0 Å². The number of rotatable bonds is 5. The molecule has 0 spiro atoms. The summed E-state index contributed by atoms with van der Waals surface area (Å²) in [5, 5.41) is 3.70. The summed E-state index contributed by atoms with van der Waals surface area (Å²) in [6.07, 6.45) is 0. The van der Waals surface area contributed by atoms with E-state index in [4.69, 9.17) is 28.9 Å². The van der Waals surface area contributed by atoms with Crippen molar-refractivity contribution in [1.82, 2.24) is 4.72 Å². The van der Waals surface area contributed by atoms with Crippen molar-refractivity contribution in [2.45, 2.75) is 4.90 Å². The second-order valence-corrected chi connectivity index (χ2v) is 7.51. The monoisotopic (exact) mass is 431 g/mol. The van der Waals surface area contributed by atoms with Crippen molar-refractivity contribution in [3.05, 3.63) is 82.3 Å². The fourth-order valence-electron chi connectivity index (χ4n) is 2.51. The highest BCUT2D eigenvalue weighted by Gasteiger charge is 2.12. The smallest absolute Gasteiger partial charge is 0.329 e. The van der Waals surface area contributed by atoms with Gasteiger partial charge in [0.25, 0.3) is 0 Å². The van der Waals surface area contributed by atoms with Gasteiger partial charge < -0.3 is 11.1 Å². The number of nitrogens with two attached hydrogens (primary N) is 1. The van der Waals surface area contributed by atoms with Crippen LogP contribution in [0.25, 0.3) is 11.1 Å². The number of hydrogen-bond acceptors (Lipinski definition) is 3. The lowest BCUT2D eigenvalue weighted by atomic mass is 10.0. The van der Waals surface area contributed by atoms with Gasteiger partial charge in [0.15, 0.2) is 0 Å². The summed E-state index contributed by atoms with van der Waals surface area (Å²) in [4.78, 5) is 24.6. The Hall–Kier alpha value is -2.67. The molecule has 0 unspecified atom stereocenters. The number of hydrogen-bond donors (Lipinski definition) is 3. The summed E-state index contributed by atoms with van der Waals surface area (Å²) >= 11 is 13.0. The Bertz CT molecular complexity index is 1010. The zero-order chi connectivity index (χ0) is 20.1. The Morgan fingerprint density at radius 1 is 0.893 bits per heavy atom. The standard InChI is InChI=1S/C20H15Cl2N3O2S/c21-14-9-15(22)11-16(10-14)28-25-20(27)24-18-8-13(19(23)26)6-7-17(18)12-4-2-1-3-5-12/h1-11H,(H2,23,26)(H2,24,25,27). The highest BCUT2D eigenvalue weighted by atomic mass is 35.5. The van der Waals surface area contributed by atoms with E-state index in [1.807, 2.05) is 30.3 Å². The highest BCUT2D eigenvalue weighted by Crippen LogP contribution is 2.29. The van der Waals surface area contributed by atoms with Gasteiger partial charge in [0.1, 0.15) is 0 Å². The fraction of sp³-hybridized carbons (Fsp3) is 0. The van der Waals surface area contributed by atoms with Gasteiger partial charge in [-0.15, -0.1) is 0 Å². The van der Waals surface area contributed by atoms with Crippen molar-refractivity contribution < 1.29 is 9.59 Å². The van der Waals surface area contributed by atoms with Crippen LogP contribution in [0.1, 0.15) is 10.4 Å². The molecule has 3 aromatic rings. The Kier molecular flexibility index (Phi) is 6.46. The van der Waals surface area contributed by atoms with Gasteiger partial charge in [-0.2, -0.15) is 0 Å². The van der Waals surface area contributed by atoms with Crippen LogP contribution >= 0.6 is 35.1 Å². The van der Waals surface area contributed by atoms with Crippen molar-refractivity contribution >= 4 is 52.8 Å². The molecule has 0 fully saturated rings. The molecule has 0 aromatic heterocycles.